The molecule has 8 heteroatoms. The van der Waals surface area contributed by atoms with E-state index >= 15 is 0 Å². The molecule has 1 aliphatic rings. The molecule has 4 nitrogen and oxygen atoms in total. The maximum Gasteiger partial charge on any atom is 0.417 e. The highest BCUT2D eigenvalue weighted by atomic mass is 32.2. The van der Waals surface area contributed by atoms with Crippen LogP contribution in [0.1, 0.15) is 51.7 Å². The van der Waals surface area contributed by atoms with Crippen LogP contribution in [0.25, 0.3) is 22.0 Å². The van der Waals surface area contributed by atoms with E-state index in [1.807, 2.05) is 10.8 Å². The molecule has 0 spiro atoms. The van der Waals surface area contributed by atoms with Crippen molar-refractivity contribution in [2.24, 2.45) is 9.81 Å². The van der Waals surface area contributed by atoms with Gasteiger partial charge in [-0.2, -0.15) is 17.6 Å². The van der Waals surface area contributed by atoms with Crippen LogP contribution in [0, 0.1) is 5.41 Å². The lowest BCUT2D eigenvalue weighted by atomic mass is 9.96. The molecule has 3 aromatic rings. The first kappa shape index (κ1) is 23.5. The van der Waals surface area contributed by atoms with Crippen molar-refractivity contribution >= 4 is 26.6 Å². The average molecular weight is 477 g/mol. The standard InChI is InChI=1S/C25H27F3N2O2S/c1-16(29-33(31,32)18-10-11-18)21-14-30(15-24(2,3)4)23-13-17(9-12-20(21)23)19-7-5-6-8-22(19)25(26,27)28/h5-9,12-14,18H,10-11,15H2,1-4H3. The predicted octanol–water partition coefficient (Wildman–Crippen LogP) is 6.67. The fourth-order valence-electron chi connectivity index (χ4n) is 4.05. The van der Waals surface area contributed by atoms with E-state index in [0.29, 0.717) is 36.2 Å². The summed E-state index contributed by atoms with van der Waals surface area (Å²) in [5, 5.41) is 0.362. The lowest BCUT2D eigenvalue weighted by Crippen LogP contribution is -2.14. The third-order valence-electron chi connectivity index (χ3n) is 5.67. The number of nitrogens with zero attached hydrogens (tertiary/aromatic N) is 2. The lowest BCUT2D eigenvalue weighted by molar-refractivity contribution is -0.137. The zero-order valence-corrected chi connectivity index (χ0v) is 19.9. The van der Waals surface area contributed by atoms with Crippen molar-refractivity contribution in [3.63, 3.8) is 0 Å². The molecule has 0 amide bonds. The fraction of sp³-hybridized carbons (Fsp3) is 0.400. The van der Waals surface area contributed by atoms with E-state index in [-0.39, 0.29) is 11.0 Å². The number of hydrogen-bond donors (Lipinski definition) is 0. The summed E-state index contributed by atoms with van der Waals surface area (Å²) in [7, 11) is -3.55. The molecule has 1 saturated carbocycles. The second kappa shape index (κ2) is 8.01. The topological polar surface area (TPSA) is 51.4 Å². The molecule has 0 radical (unpaired) electrons. The van der Waals surface area contributed by atoms with Crippen molar-refractivity contribution in [1.29, 1.82) is 0 Å². The molecule has 0 bridgehead atoms. The van der Waals surface area contributed by atoms with E-state index in [4.69, 9.17) is 0 Å². The third kappa shape index (κ3) is 5.00. The van der Waals surface area contributed by atoms with E-state index in [9.17, 15) is 21.6 Å². The Labute approximate surface area is 192 Å². The van der Waals surface area contributed by atoms with Crippen LogP contribution in [0.3, 0.4) is 0 Å². The number of rotatable bonds is 5. The van der Waals surface area contributed by atoms with Crippen LogP contribution in [-0.2, 0) is 22.7 Å². The van der Waals surface area contributed by atoms with Gasteiger partial charge in [0.2, 0.25) is 0 Å². The first-order valence-electron chi connectivity index (χ1n) is 10.9. The number of fused-ring (bicyclic) bond motifs is 1. The highest BCUT2D eigenvalue weighted by Crippen LogP contribution is 2.39. The summed E-state index contributed by atoms with van der Waals surface area (Å²) < 4.78 is 71.7. The molecular weight excluding hydrogens is 449 g/mol. The van der Waals surface area contributed by atoms with Crippen molar-refractivity contribution in [3.05, 3.63) is 59.8 Å². The first-order valence-corrected chi connectivity index (χ1v) is 12.4. The summed E-state index contributed by atoms with van der Waals surface area (Å²) in [5.74, 6) is 0. The molecule has 4 rings (SSSR count). The van der Waals surface area contributed by atoms with Gasteiger partial charge in [0.05, 0.1) is 16.5 Å². The Morgan fingerprint density at radius 1 is 1.09 bits per heavy atom. The Balaban J connectivity index is 1.90. The third-order valence-corrected chi connectivity index (χ3v) is 7.51. The zero-order valence-electron chi connectivity index (χ0n) is 19.1. The van der Waals surface area contributed by atoms with Crippen molar-refractivity contribution in [3.8, 4) is 11.1 Å². The number of benzene rings is 2. The van der Waals surface area contributed by atoms with Crippen LogP contribution in [-0.4, -0.2) is 23.9 Å². The minimum atomic E-state index is -4.47. The van der Waals surface area contributed by atoms with E-state index in [0.717, 1.165) is 17.0 Å². The SMILES string of the molecule is CC(=NS(=O)(=O)C1CC1)c1cn(CC(C)(C)C)c2cc(-c3ccccc3C(F)(F)F)ccc12. The number of alkyl halides is 3. The van der Waals surface area contributed by atoms with E-state index in [2.05, 4.69) is 25.2 Å². The molecule has 176 valence electrons. The maximum absolute atomic E-state index is 13.6. The molecule has 1 fully saturated rings. The first-order chi connectivity index (χ1) is 15.3. The van der Waals surface area contributed by atoms with Gasteiger partial charge in [-0.3, -0.25) is 0 Å². The smallest absolute Gasteiger partial charge is 0.346 e. The van der Waals surface area contributed by atoms with E-state index < -0.39 is 27.0 Å². The van der Waals surface area contributed by atoms with Gasteiger partial charge in [0.15, 0.2) is 0 Å². The van der Waals surface area contributed by atoms with Crippen LogP contribution in [0.2, 0.25) is 0 Å². The molecule has 0 aliphatic heterocycles. The minimum absolute atomic E-state index is 0.103. The van der Waals surface area contributed by atoms with E-state index in [1.54, 1.807) is 31.2 Å². The van der Waals surface area contributed by atoms with Crippen molar-refractivity contribution in [2.45, 2.75) is 58.5 Å². The fourth-order valence-corrected chi connectivity index (χ4v) is 5.41. The Morgan fingerprint density at radius 2 is 1.76 bits per heavy atom. The average Bonchev–Trinajstić information content (AvgIpc) is 3.50. The van der Waals surface area contributed by atoms with Gasteiger partial charge in [0, 0.05) is 29.2 Å². The largest absolute Gasteiger partial charge is 0.417 e. The van der Waals surface area contributed by atoms with Gasteiger partial charge in [-0.25, -0.2) is 8.42 Å². The monoisotopic (exact) mass is 476 g/mol. The number of aromatic nitrogens is 1. The van der Waals surface area contributed by atoms with Crippen LogP contribution in [0.15, 0.2) is 53.1 Å². The van der Waals surface area contributed by atoms with Gasteiger partial charge in [-0.05, 0) is 48.4 Å². The summed E-state index contributed by atoms with van der Waals surface area (Å²) >= 11 is 0. The summed E-state index contributed by atoms with van der Waals surface area (Å²) in [4.78, 5) is 0. The second-order valence-electron chi connectivity index (χ2n) is 9.90. The summed E-state index contributed by atoms with van der Waals surface area (Å²) in [6.07, 6.45) is -1.35. The highest BCUT2D eigenvalue weighted by molar-refractivity contribution is 7.91. The lowest BCUT2D eigenvalue weighted by Gasteiger charge is -2.20. The van der Waals surface area contributed by atoms with Crippen LogP contribution in [0.4, 0.5) is 13.2 Å². The van der Waals surface area contributed by atoms with Gasteiger partial charge in [-0.15, -0.1) is 0 Å². The zero-order chi connectivity index (χ0) is 24.2. The quantitative estimate of drug-likeness (QED) is 0.386. The Hall–Kier alpha value is -2.61. The molecule has 2 aromatic carbocycles. The normalized spacial score (nSPS) is 15.9. The summed E-state index contributed by atoms with van der Waals surface area (Å²) in [6.45, 7) is 8.49. The second-order valence-corrected chi connectivity index (χ2v) is 11.8. The molecule has 0 atom stereocenters. The molecule has 1 heterocycles. The summed E-state index contributed by atoms with van der Waals surface area (Å²) in [5.41, 5.74) is 1.58. The van der Waals surface area contributed by atoms with Crippen LogP contribution >= 0.6 is 0 Å². The predicted molar refractivity (Wildman–Crippen MR) is 126 cm³/mol. The molecule has 0 unspecified atom stereocenters. The van der Waals surface area contributed by atoms with E-state index in [1.165, 1.54) is 12.1 Å². The van der Waals surface area contributed by atoms with Gasteiger partial charge in [0.1, 0.15) is 0 Å². The molecule has 0 saturated heterocycles. The molecule has 33 heavy (non-hydrogen) atoms. The van der Waals surface area contributed by atoms with Gasteiger partial charge >= 0.3 is 6.18 Å². The number of halogens is 3. The van der Waals surface area contributed by atoms with Gasteiger partial charge in [0.25, 0.3) is 10.0 Å². The molecule has 1 aromatic heterocycles. The minimum Gasteiger partial charge on any atom is -0.346 e. The molecule has 1 aliphatic carbocycles. The van der Waals surface area contributed by atoms with Gasteiger partial charge in [-0.1, -0.05) is 51.1 Å². The Kier molecular flexibility index (Phi) is 5.71. The van der Waals surface area contributed by atoms with Crippen molar-refractivity contribution in [2.75, 3.05) is 0 Å². The van der Waals surface area contributed by atoms with Gasteiger partial charge < -0.3 is 4.57 Å². The number of hydrogen-bond acceptors (Lipinski definition) is 2. The van der Waals surface area contributed by atoms with Crippen molar-refractivity contribution < 1.29 is 21.6 Å². The molecule has 0 N–H and O–H groups in total. The maximum atomic E-state index is 13.6. The van der Waals surface area contributed by atoms with Crippen molar-refractivity contribution in [1.82, 2.24) is 4.57 Å². The highest BCUT2D eigenvalue weighted by Gasteiger charge is 2.36. The Morgan fingerprint density at radius 3 is 2.36 bits per heavy atom. The number of sulfonamides is 1. The van der Waals surface area contributed by atoms with Crippen LogP contribution < -0.4 is 0 Å². The molecular formula is C25H27F3N2O2S. The summed E-state index contributed by atoms with van der Waals surface area (Å²) in [6, 6.07) is 10.7. The van der Waals surface area contributed by atoms with Crippen LogP contribution in [0.5, 0.6) is 0 Å². The Bertz CT molecular complexity index is 1340.